The fraction of sp³-hybridized carbons (Fsp3) is 0.350. The summed E-state index contributed by atoms with van der Waals surface area (Å²) in [5.74, 6) is 1.59. The monoisotopic (exact) mass is 542 g/mol. The average Bonchev–Trinajstić information content (AvgIpc) is 3.08. The number of halogens is 1. The molecule has 0 bridgehead atoms. The van der Waals surface area contributed by atoms with Crippen LogP contribution in [0.5, 0.6) is 0 Å². The predicted octanol–water partition coefficient (Wildman–Crippen LogP) is 2.36. The number of fused-ring (bicyclic) bond motifs is 1. The lowest BCUT2D eigenvalue weighted by Gasteiger charge is -2.11. The zero-order valence-electron chi connectivity index (χ0n) is 17.3. The zero-order valence-corrected chi connectivity index (χ0v) is 20.4. The Hall–Kier alpha value is -2.21. The van der Waals surface area contributed by atoms with Crippen molar-refractivity contribution < 1.29 is 8.42 Å². The molecule has 0 amide bonds. The Morgan fingerprint density at radius 2 is 1.97 bits per heavy atom. The van der Waals surface area contributed by atoms with Crippen LogP contribution in [0, 0.1) is 6.92 Å². The van der Waals surface area contributed by atoms with Gasteiger partial charge in [0.05, 0.1) is 11.4 Å². The van der Waals surface area contributed by atoms with Crippen molar-refractivity contribution in [3.05, 3.63) is 59.5 Å². The Balaban J connectivity index is 0.00000320. The molecule has 10 heteroatoms. The minimum absolute atomic E-state index is 0. The number of aryl methyl sites for hydroxylation is 1. The quantitative estimate of drug-likeness (QED) is 0.270. The minimum atomic E-state index is -3.21. The van der Waals surface area contributed by atoms with Gasteiger partial charge in [0.2, 0.25) is 0 Å². The van der Waals surface area contributed by atoms with Crippen molar-refractivity contribution in [1.29, 1.82) is 0 Å². The molecule has 1 aromatic carbocycles. The van der Waals surface area contributed by atoms with Gasteiger partial charge in [-0.05, 0) is 43.2 Å². The first-order valence-electron chi connectivity index (χ1n) is 9.49. The third-order valence-corrected chi connectivity index (χ3v) is 5.69. The van der Waals surface area contributed by atoms with Crippen LogP contribution in [0.25, 0.3) is 5.65 Å². The van der Waals surface area contributed by atoms with Gasteiger partial charge in [0, 0.05) is 32.0 Å². The Morgan fingerprint density at radius 3 is 2.67 bits per heavy atom. The average molecular weight is 542 g/mol. The van der Waals surface area contributed by atoms with Gasteiger partial charge < -0.3 is 10.6 Å². The maximum atomic E-state index is 11.8. The predicted molar refractivity (Wildman–Crippen MR) is 129 cm³/mol. The fourth-order valence-electron chi connectivity index (χ4n) is 3.09. The second kappa shape index (κ2) is 10.7. The molecule has 0 fully saturated rings. The summed E-state index contributed by atoms with van der Waals surface area (Å²) < 4.78 is 25.5. The number of nitrogens with one attached hydrogen (secondary N) is 2. The second-order valence-corrected chi connectivity index (χ2v) is 8.77. The largest absolute Gasteiger partial charge is 0.357 e. The number of aromatic nitrogens is 3. The van der Waals surface area contributed by atoms with E-state index in [1.807, 2.05) is 41.8 Å². The van der Waals surface area contributed by atoms with Crippen LogP contribution in [-0.2, 0) is 22.8 Å². The van der Waals surface area contributed by atoms with Crippen LogP contribution in [0.15, 0.2) is 52.5 Å². The van der Waals surface area contributed by atoms with Crippen LogP contribution < -0.4 is 10.6 Å². The van der Waals surface area contributed by atoms with E-state index in [0.29, 0.717) is 30.4 Å². The normalized spacial score (nSPS) is 11.9. The van der Waals surface area contributed by atoms with E-state index in [1.165, 1.54) is 6.26 Å². The Kier molecular flexibility index (Phi) is 8.59. The topological polar surface area (TPSA) is 101 Å². The molecule has 0 atom stereocenters. The summed E-state index contributed by atoms with van der Waals surface area (Å²) in [5.41, 5.74) is 2.52. The summed E-state index contributed by atoms with van der Waals surface area (Å²) in [6.45, 7) is 5.66. The number of nitrogens with zero attached hydrogens (tertiary/aromatic N) is 4. The molecule has 2 N–H and O–H groups in total. The molecule has 0 aliphatic heterocycles. The van der Waals surface area contributed by atoms with E-state index in [0.717, 1.165) is 29.1 Å². The first kappa shape index (κ1) is 24.1. The minimum Gasteiger partial charge on any atom is -0.357 e. The van der Waals surface area contributed by atoms with Crippen molar-refractivity contribution in [3.8, 4) is 0 Å². The van der Waals surface area contributed by atoms with Crippen molar-refractivity contribution in [2.75, 3.05) is 19.3 Å². The molecule has 162 valence electrons. The molecular weight excluding hydrogens is 515 g/mol. The lowest BCUT2D eigenvalue weighted by Crippen LogP contribution is -2.38. The van der Waals surface area contributed by atoms with Crippen LogP contribution in [0.1, 0.15) is 23.9 Å². The van der Waals surface area contributed by atoms with Crippen LogP contribution in [0.4, 0.5) is 0 Å². The van der Waals surface area contributed by atoms with Gasteiger partial charge in [0.15, 0.2) is 21.4 Å². The van der Waals surface area contributed by atoms with E-state index >= 15 is 0 Å². The first-order valence-corrected chi connectivity index (χ1v) is 11.4. The van der Waals surface area contributed by atoms with Crippen molar-refractivity contribution in [2.24, 2.45) is 4.99 Å². The highest BCUT2D eigenvalue weighted by Gasteiger charge is 2.11. The van der Waals surface area contributed by atoms with Crippen molar-refractivity contribution in [1.82, 2.24) is 25.2 Å². The number of sulfone groups is 1. The maximum Gasteiger partial charge on any atom is 0.191 e. The Bertz CT molecular complexity index is 1130. The van der Waals surface area contributed by atoms with Gasteiger partial charge in [-0.1, -0.05) is 18.2 Å². The summed E-state index contributed by atoms with van der Waals surface area (Å²) in [7, 11) is -3.21. The molecule has 8 nitrogen and oxygen atoms in total. The third-order valence-electron chi connectivity index (χ3n) is 4.43. The van der Waals surface area contributed by atoms with E-state index in [4.69, 9.17) is 0 Å². The van der Waals surface area contributed by atoms with E-state index in [9.17, 15) is 8.42 Å². The van der Waals surface area contributed by atoms with Crippen LogP contribution >= 0.6 is 24.0 Å². The van der Waals surface area contributed by atoms with Gasteiger partial charge >= 0.3 is 0 Å². The van der Waals surface area contributed by atoms with Gasteiger partial charge in [0.1, 0.15) is 5.82 Å². The molecular formula is C20H27IN6O2S. The lowest BCUT2D eigenvalue weighted by molar-refractivity contribution is 0.601. The number of hydrogen-bond acceptors (Lipinski definition) is 5. The van der Waals surface area contributed by atoms with Crippen molar-refractivity contribution in [2.45, 2.75) is 31.7 Å². The summed E-state index contributed by atoms with van der Waals surface area (Å²) in [4.78, 5) is 4.96. The van der Waals surface area contributed by atoms with E-state index in [1.54, 1.807) is 19.1 Å². The van der Waals surface area contributed by atoms with Gasteiger partial charge in [-0.15, -0.1) is 34.2 Å². The summed E-state index contributed by atoms with van der Waals surface area (Å²) in [5, 5.41) is 14.9. The number of hydrogen-bond donors (Lipinski definition) is 2. The second-order valence-electron chi connectivity index (χ2n) is 6.79. The summed E-state index contributed by atoms with van der Waals surface area (Å²) in [6.07, 6.45) is 3.88. The Labute approximate surface area is 194 Å². The number of guanidine groups is 1. The molecule has 0 radical (unpaired) electrons. The maximum absolute atomic E-state index is 11.8. The number of benzene rings is 1. The molecule has 0 spiro atoms. The number of rotatable bonds is 7. The number of aliphatic imine (C=N–C) groups is 1. The van der Waals surface area contributed by atoms with E-state index in [-0.39, 0.29) is 24.0 Å². The highest BCUT2D eigenvalue weighted by atomic mass is 127. The molecule has 0 saturated heterocycles. The van der Waals surface area contributed by atoms with Gasteiger partial charge in [0.25, 0.3) is 0 Å². The van der Waals surface area contributed by atoms with Gasteiger partial charge in [-0.25, -0.2) is 13.4 Å². The van der Waals surface area contributed by atoms with Crippen molar-refractivity contribution >= 4 is 45.4 Å². The fourth-order valence-corrected chi connectivity index (χ4v) is 4.05. The standard InChI is InChI=1S/C20H26N6O2S.HI/c1-4-21-20(22-11-10-19-25-24-18-7-5-6-12-26(18)19)23-14-16-8-9-17(15(2)13-16)29(3,27)28;/h5-9,12-13H,4,10-11,14H2,1-3H3,(H2,21,22,23);1H. The summed E-state index contributed by atoms with van der Waals surface area (Å²) >= 11 is 0. The smallest absolute Gasteiger partial charge is 0.191 e. The zero-order chi connectivity index (χ0) is 20.9. The van der Waals surface area contributed by atoms with Crippen LogP contribution in [0.2, 0.25) is 0 Å². The van der Waals surface area contributed by atoms with Crippen LogP contribution in [-0.4, -0.2) is 48.3 Å². The van der Waals surface area contributed by atoms with E-state index in [2.05, 4.69) is 25.8 Å². The molecule has 3 aromatic rings. The van der Waals surface area contributed by atoms with Gasteiger partial charge in [-0.2, -0.15) is 0 Å². The SMILES string of the molecule is CCNC(=NCc1ccc(S(C)(=O)=O)c(C)c1)NCCc1nnc2ccccn12.I. The molecule has 2 heterocycles. The summed E-state index contributed by atoms with van der Waals surface area (Å²) in [6, 6.07) is 11.1. The van der Waals surface area contributed by atoms with Crippen molar-refractivity contribution in [3.63, 3.8) is 0 Å². The third kappa shape index (κ3) is 6.14. The highest BCUT2D eigenvalue weighted by Crippen LogP contribution is 2.17. The van der Waals surface area contributed by atoms with Crippen LogP contribution in [0.3, 0.4) is 0 Å². The van der Waals surface area contributed by atoms with Gasteiger partial charge in [-0.3, -0.25) is 4.40 Å². The Morgan fingerprint density at radius 1 is 1.17 bits per heavy atom. The molecule has 0 unspecified atom stereocenters. The molecule has 2 aromatic heterocycles. The first-order chi connectivity index (χ1) is 13.9. The molecule has 3 rings (SSSR count). The number of pyridine rings is 1. The molecule has 0 aliphatic rings. The molecule has 0 saturated carbocycles. The highest BCUT2D eigenvalue weighted by molar-refractivity contribution is 14.0. The molecule has 0 aliphatic carbocycles. The lowest BCUT2D eigenvalue weighted by atomic mass is 10.1. The molecule has 30 heavy (non-hydrogen) atoms. The van der Waals surface area contributed by atoms with E-state index < -0.39 is 9.84 Å².